The van der Waals surface area contributed by atoms with Gasteiger partial charge < -0.3 is 10.1 Å². The number of esters is 1. The Bertz CT molecular complexity index is 690. The Labute approximate surface area is 122 Å². The average molecular weight is 282 g/mol. The van der Waals surface area contributed by atoms with E-state index in [0.29, 0.717) is 29.3 Å². The molecule has 0 spiro atoms. The maximum Gasteiger partial charge on any atom is 0.337 e. The van der Waals surface area contributed by atoms with Gasteiger partial charge in [0.1, 0.15) is 23.3 Å². The number of benzene rings is 1. The Morgan fingerprint density at radius 3 is 2.71 bits per heavy atom. The number of anilines is 1. The maximum absolute atomic E-state index is 11.3. The first-order valence-corrected chi connectivity index (χ1v) is 6.29. The quantitative estimate of drug-likeness (QED) is 0.863. The SMILES string of the molecule is COC(=O)c1ccc(CNc2nc(C)ncc2C#N)cc1. The van der Waals surface area contributed by atoms with Crippen LogP contribution in [0.4, 0.5) is 5.82 Å². The Morgan fingerprint density at radius 2 is 2.10 bits per heavy atom. The molecule has 0 aliphatic carbocycles. The lowest BCUT2D eigenvalue weighted by Gasteiger charge is -2.08. The molecule has 1 heterocycles. The van der Waals surface area contributed by atoms with Gasteiger partial charge in [-0.1, -0.05) is 12.1 Å². The number of hydrogen-bond acceptors (Lipinski definition) is 6. The summed E-state index contributed by atoms with van der Waals surface area (Å²) in [6, 6.07) is 9.07. The molecular formula is C15H14N4O2. The van der Waals surface area contributed by atoms with E-state index in [1.807, 2.05) is 18.2 Å². The van der Waals surface area contributed by atoms with Crippen molar-refractivity contribution < 1.29 is 9.53 Å². The van der Waals surface area contributed by atoms with Crippen LogP contribution in [-0.2, 0) is 11.3 Å². The summed E-state index contributed by atoms with van der Waals surface area (Å²) in [6.45, 7) is 2.25. The van der Waals surface area contributed by atoms with Crippen molar-refractivity contribution in [1.82, 2.24) is 9.97 Å². The molecule has 0 aliphatic heterocycles. The van der Waals surface area contributed by atoms with Crippen LogP contribution in [0.1, 0.15) is 27.3 Å². The van der Waals surface area contributed by atoms with Crippen molar-refractivity contribution in [3.05, 3.63) is 53.0 Å². The van der Waals surface area contributed by atoms with Crippen LogP contribution in [0.5, 0.6) is 0 Å². The van der Waals surface area contributed by atoms with Gasteiger partial charge in [0, 0.05) is 6.54 Å². The van der Waals surface area contributed by atoms with Gasteiger partial charge in [-0.05, 0) is 24.6 Å². The Balaban J connectivity index is 2.08. The molecule has 1 aromatic carbocycles. The van der Waals surface area contributed by atoms with Crippen LogP contribution in [0.15, 0.2) is 30.5 Å². The average Bonchev–Trinajstić information content (AvgIpc) is 2.52. The number of nitrogens with one attached hydrogen (secondary N) is 1. The van der Waals surface area contributed by atoms with Crippen molar-refractivity contribution in [2.75, 3.05) is 12.4 Å². The second-order valence-electron chi connectivity index (χ2n) is 4.33. The minimum atomic E-state index is -0.368. The summed E-state index contributed by atoms with van der Waals surface area (Å²) in [6.07, 6.45) is 1.49. The molecule has 0 amide bonds. The third-order valence-electron chi connectivity index (χ3n) is 2.86. The first kappa shape index (κ1) is 14.5. The standard InChI is InChI=1S/C15H14N4O2/c1-10-17-9-13(7-16)14(19-10)18-8-11-3-5-12(6-4-11)15(20)21-2/h3-6,9H,8H2,1-2H3,(H,17,18,19). The first-order valence-electron chi connectivity index (χ1n) is 6.29. The van der Waals surface area contributed by atoms with Crippen LogP contribution in [0.2, 0.25) is 0 Å². The highest BCUT2D eigenvalue weighted by Gasteiger charge is 2.06. The van der Waals surface area contributed by atoms with Gasteiger partial charge in [0.05, 0.1) is 18.9 Å². The monoisotopic (exact) mass is 282 g/mol. The van der Waals surface area contributed by atoms with Crippen LogP contribution in [0, 0.1) is 18.3 Å². The second-order valence-corrected chi connectivity index (χ2v) is 4.33. The number of nitrogens with zero attached hydrogens (tertiary/aromatic N) is 3. The zero-order valence-electron chi connectivity index (χ0n) is 11.8. The molecule has 0 aliphatic rings. The number of rotatable bonds is 4. The van der Waals surface area contributed by atoms with E-state index in [0.717, 1.165) is 5.56 Å². The molecule has 106 valence electrons. The van der Waals surface area contributed by atoms with Crippen molar-refractivity contribution in [2.24, 2.45) is 0 Å². The number of aromatic nitrogens is 2. The highest BCUT2D eigenvalue weighted by atomic mass is 16.5. The van der Waals surface area contributed by atoms with E-state index in [4.69, 9.17) is 5.26 Å². The highest BCUT2D eigenvalue weighted by Crippen LogP contribution is 2.12. The lowest BCUT2D eigenvalue weighted by Crippen LogP contribution is -2.06. The molecule has 0 unspecified atom stereocenters. The first-order chi connectivity index (χ1) is 10.1. The number of carbonyl (C=O) groups is 1. The van der Waals surface area contributed by atoms with E-state index < -0.39 is 0 Å². The van der Waals surface area contributed by atoms with Crippen LogP contribution in [0.3, 0.4) is 0 Å². The summed E-state index contributed by atoms with van der Waals surface area (Å²) in [5.41, 5.74) is 1.85. The molecule has 0 saturated carbocycles. The zero-order chi connectivity index (χ0) is 15.2. The van der Waals surface area contributed by atoms with Crippen molar-refractivity contribution in [2.45, 2.75) is 13.5 Å². The van der Waals surface area contributed by atoms with E-state index in [-0.39, 0.29) is 5.97 Å². The summed E-state index contributed by atoms with van der Waals surface area (Å²) < 4.78 is 4.64. The molecule has 1 aromatic heterocycles. The fourth-order valence-electron chi connectivity index (χ4n) is 1.75. The van der Waals surface area contributed by atoms with Gasteiger partial charge in [-0.25, -0.2) is 14.8 Å². The Hall–Kier alpha value is -2.94. The largest absolute Gasteiger partial charge is 0.465 e. The minimum Gasteiger partial charge on any atom is -0.465 e. The molecule has 21 heavy (non-hydrogen) atoms. The van der Waals surface area contributed by atoms with E-state index in [2.05, 4.69) is 20.0 Å². The van der Waals surface area contributed by atoms with Crippen LogP contribution < -0.4 is 5.32 Å². The van der Waals surface area contributed by atoms with Gasteiger partial charge in [0.2, 0.25) is 0 Å². The molecule has 1 N–H and O–H groups in total. The summed E-state index contributed by atoms with van der Waals surface area (Å²) in [7, 11) is 1.35. The maximum atomic E-state index is 11.3. The smallest absolute Gasteiger partial charge is 0.337 e. The van der Waals surface area contributed by atoms with Crippen LogP contribution >= 0.6 is 0 Å². The molecule has 0 atom stereocenters. The van der Waals surface area contributed by atoms with Crippen molar-refractivity contribution >= 4 is 11.8 Å². The third kappa shape index (κ3) is 3.54. The van der Waals surface area contributed by atoms with Crippen LogP contribution in [0.25, 0.3) is 0 Å². The number of hydrogen-bond donors (Lipinski definition) is 1. The molecule has 2 rings (SSSR count). The van der Waals surface area contributed by atoms with Crippen molar-refractivity contribution in [1.29, 1.82) is 5.26 Å². The highest BCUT2D eigenvalue weighted by molar-refractivity contribution is 5.89. The fraction of sp³-hybridized carbons (Fsp3) is 0.200. The topological polar surface area (TPSA) is 87.9 Å². The molecule has 0 saturated heterocycles. The van der Waals surface area contributed by atoms with Gasteiger partial charge in [-0.3, -0.25) is 0 Å². The summed E-state index contributed by atoms with van der Waals surface area (Å²) >= 11 is 0. The zero-order valence-corrected chi connectivity index (χ0v) is 11.8. The number of methoxy groups -OCH3 is 1. The fourth-order valence-corrected chi connectivity index (χ4v) is 1.75. The van der Waals surface area contributed by atoms with Crippen molar-refractivity contribution in [3.8, 4) is 6.07 Å². The van der Waals surface area contributed by atoms with E-state index in [1.165, 1.54) is 13.3 Å². The molecule has 0 fully saturated rings. The number of carbonyl (C=O) groups excluding carboxylic acids is 1. The molecule has 6 nitrogen and oxygen atoms in total. The molecule has 2 aromatic rings. The number of aryl methyl sites for hydroxylation is 1. The van der Waals surface area contributed by atoms with E-state index in [1.54, 1.807) is 19.1 Å². The number of ether oxygens (including phenoxy) is 1. The number of nitriles is 1. The summed E-state index contributed by atoms with van der Waals surface area (Å²) in [5, 5.41) is 12.1. The van der Waals surface area contributed by atoms with E-state index >= 15 is 0 Å². The predicted octanol–water partition coefficient (Wildman–Crippen LogP) is 2.06. The summed E-state index contributed by atoms with van der Waals surface area (Å²) in [5.74, 6) is 0.729. The lowest BCUT2D eigenvalue weighted by molar-refractivity contribution is 0.0600. The van der Waals surface area contributed by atoms with Gasteiger partial charge in [-0.15, -0.1) is 0 Å². The van der Waals surface area contributed by atoms with Gasteiger partial charge in [0.25, 0.3) is 0 Å². The van der Waals surface area contributed by atoms with Gasteiger partial charge >= 0.3 is 5.97 Å². The Kier molecular flexibility index (Phi) is 4.46. The molecule has 0 radical (unpaired) electrons. The predicted molar refractivity (Wildman–Crippen MR) is 76.6 cm³/mol. The summed E-state index contributed by atoms with van der Waals surface area (Å²) in [4.78, 5) is 19.5. The molecule has 6 heteroatoms. The van der Waals surface area contributed by atoms with Crippen LogP contribution in [-0.4, -0.2) is 23.0 Å². The normalized spacial score (nSPS) is 9.76. The van der Waals surface area contributed by atoms with Crippen molar-refractivity contribution in [3.63, 3.8) is 0 Å². The lowest BCUT2D eigenvalue weighted by atomic mass is 10.1. The van der Waals surface area contributed by atoms with E-state index in [9.17, 15) is 4.79 Å². The minimum absolute atomic E-state index is 0.368. The third-order valence-corrected chi connectivity index (χ3v) is 2.86. The molecular weight excluding hydrogens is 268 g/mol. The second kappa shape index (κ2) is 6.48. The van der Waals surface area contributed by atoms with Gasteiger partial charge in [0.15, 0.2) is 0 Å². The molecule has 0 bridgehead atoms. The Morgan fingerprint density at radius 1 is 1.38 bits per heavy atom. The van der Waals surface area contributed by atoms with Gasteiger partial charge in [-0.2, -0.15) is 5.26 Å².